The van der Waals surface area contributed by atoms with E-state index in [1.165, 1.54) is 12.5 Å². The largest absolute Gasteiger partial charge is 0.370 e. The van der Waals surface area contributed by atoms with E-state index in [1.54, 1.807) is 12.1 Å². The fourth-order valence-corrected chi connectivity index (χ4v) is 6.09. The van der Waals surface area contributed by atoms with Crippen molar-refractivity contribution in [3.63, 3.8) is 0 Å². The number of rotatable bonds is 3. The molecule has 0 unspecified atom stereocenters. The summed E-state index contributed by atoms with van der Waals surface area (Å²) in [4.78, 5) is 17.5. The van der Waals surface area contributed by atoms with Crippen molar-refractivity contribution in [3.05, 3.63) is 48.0 Å². The molecule has 3 heterocycles. The van der Waals surface area contributed by atoms with E-state index in [0.717, 1.165) is 63.1 Å². The van der Waals surface area contributed by atoms with Crippen LogP contribution in [0.2, 0.25) is 0 Å². The lowest BCUT2D eigenvalue weighted by molar-refractivity contribution is 0.102. The SMILES string of the molecule is O=C(Nc1ccccc1N1CCCCC1)c1ccc2c(c1)S(=O)(=O)N=C1CCCCCN12. The number of benzene rings is 2. The number of hydrogen-bond donors (Lipinski definition) is 1. The van der Waals surface area contributed by atoms with Crippen molar-refractivity contribution in [3.8, 4) is 0 Å². The lowest BCUT2D eigenvalue weighted by Gasteiger charge is -2.31. The second-order valence-electron chi connectivity index (χ2n) is 8.65. The van der Waals surface area contributed by atoms with Gasteiger partial charge in [-0.1, -0.05) is 18.6 Å². The number of hydrogen-bond acceptors (Lipinski definition) is 5. The topological polar surface area (TPSA) is 82.1 Å². The molecule has 2 fully saturated rings. The van der Waals surface area contributed by atoms with Gasteiger partial charge in [-0.3, -0.25) is 4.79 Å². The van der Waals surface area contributed by atoms with Crippen molar-refractivity contribution >= 4 is 38.8 Å². The van der Waals surface area contributed by atoms with Gasteiger partial charge in [0.2, 0.25) is 0 Å². The maximum absolute atomic E-state index is 13.1. The van der Waals surface area contributed by atoms with Crippen LogP contribution in [0.25, 0.3) is 0 Å². The average molecular weight is 453 g/mol. The van der Waals surface area contributed by atoms with E-state index in [-0.39, 0.29) is 10.8 Å². The third kappa shape index (κ3) is 3.99. The molecule has 8 heteroatoms. The highest BCUT2D eigenvalue weighted by molar-refractivity contribution is 7.90. The van der Waals surface area contributed by atoms with Crippen molar-refractivity contribution in [1.82, 2.24) is 0 Å². The summed E-state index contributed by atoms with van der Waals surface area (Å²) in [5, 5.41) is 3.00. The quantitative estimate of drug-likeness (QED) is 0.746. The highest BCUT2D eigenvalue weighted by Crippen LogP contribution is 2.35. The molecule has 7 nitrogen and oxygen atoms in total. The monoisotopic (exact) mass is 452 g/mol. The minimum Gasteiger partial charge on any atom is -0.370 e. The summed E-state index contributed by atoms with van der Waals surface area (Å²) < 4.78 is 29.8. The molecule has 168 valence electrons. The number of nitrogens with zero attached hydrogens (tertiary/aromatic N) is 3. The minimum absolute atomic E-state index is 0.111. The molecule has 2 aromatic rings. The molecule has 5 rings (SSSR count). The van der Waals surface area contributed by atoms with Crippen LogP contribution < -0.4 is 15.1 Å². The van der Waals surface area contributed by atoms with Gasteiger partial charge in [0.05, 0.1) is 17.1 Å². The van der Waals surface area contributed by atoms with Crippen LogP contribution in [-0.4, -0.2) is 39.8 Å². The Morgan fingerprint density at radius 3 is 2.47 bits per heavy atom. The van der Waals surface area contributed by atoms with Crippen LogP contribution >= 0.6 is 0 Å². The number of sulfonamides is 1. The van der Waals surface area contributed by atoms with Crippen molar-refractivity contribution in [2.45, 2.75) is 49.8 Å². The van der Waals surface area contributed by atoms with Gasteiger partial charge in [-0.15, -0.1) is 4.40 Å². The molecule has 0 radical (unpaired) electrons. The number of amides is 1. The Kier molecular flexibility index (Phi) is 5.63. The second-order valence-corrected chi connectivity index (χ2v) is 10.2. The standard InChI is InChI=1S/C24H28N4O3S/c29-24(25-19-9-4-5-10-20(19)27-14-6-2-7-15-27)18-12-13-21-22(17-18)32(30,31)26-23-11-3-1-8-16-28(21)23/h4-5,9-10,12-13,17H,1-3,6-8,11,14-16H2,(H,25,29). The molecule has 2 saturated heterocycles. The molecule has 0 bridgehead atoms. The smallest absolute Gasteiger partial charge is 0.286 e. The zero-order valence-electron chi connectivity index (χ0n) is 18.1. The Morgan fingerprint density at radius 1 is 0.875 bits per heavy atom. The molecule has 0 spiro atoms. The Hall–Kier alpha value is -2.87. The number of amidine groups is 1. The summed E-state index contributed by atoms with van der Waals surface area (Å²) in [5.74, 6) is 0.292. The maximum Gasteiger partial charge on any atom is 0.286 e. The summed E-state index contributed by atoms with van der Waals surface area (Å²) >= 11 is 0. The maximum atomic E-state index is 13.1. The highest BCUT2D eigenvalue weighted by atomic mass is 32.2. The zero-order chi connectivity index (χ0) is 22.1. The molecule has 0 aromatic heterocycles. The Bertz CT molecular complexity index is 1170. The predicted molar refractivity (Wildman–Crippen MR) is 127 cm³/mol. The van der Waals surface area contributed by atoms with E-state index in [1.807, 2.05) is 29.2 Å². The van der Waals surface area contributed by atoms with Crippen molar-refractivity contribution in [1.29, 1.82) is 0 Å². The first-order chi connectivity index (χ1) is 15.5. The molecule has 1 N–H and O–H groups in total. The fourth-order valence-electron chi connectivity index (χ4n) is 4.81. The lowest BCUT2D eigenvalue weighted by Crippen LogP contribution is -2.35. The Labute approximate surface area is 189 Å². The minimum atomic E-state index is -3.82. The van der Waals surface area contributed by atoms with E-state index in [2.05, 4.69) is 14.6 Å². The number of piperidine rings is 1. The van der Waals surface area contributed by atoms with Crippen LogP contribution in [0, 0.1) is 0 Å². The van der Waals surface area contributed by atoms with Gasteiger partial charge in [0.25, 0.3) is 15.9 Å². The van der Waals surface area contributed by atoms with Crippen molar-refractivity contribution < 1.29 is 13.2 Å². The summed E-state index contributed by atoms with van der Waals surface area (Å²) in [6, 6.07) is 12.7. The molecule has 0 atom stereocenters. The van der Waals surface area contributed by atoms with E-state index < -0.39 is 10.0 Å². The first kappa shape index (κ1) is 21.0. The normalized spacial score (nSPS) is 19.9. The molecule has 3 aliphatic heterocycles. The molecule has 0 saturated carbocycles. The van der Waals surface area contributed by atoms with Crippen molar-refractivity contribution in [2.75, 3.05) is 34.8 Å². The first-order valence-electron chi connectivity index (χ1n) is 11.4. The van der Waals surface area contributed by atoms with Crippen LogP contribution in [-0.2, 0) is 10.0 Å². The van der Waals surface area contributed by atoms with Crippen LogP contribution in [0.15, 0.2) is 51.8 Å². The van der Waals surface area contributed by atoms with Gasteiger partial charge in [-0.05, 0) is 62.4 Å². The summed E-state index contributed by atoms with van der Waals surface area (Å²) in [6.45, 7) is 2.69. The van der Waals surface area contributed by atoms with Gasteiger partial charge in [-0.25, -0.2) is 0 Å². The highest BCUT2D eigenvalue weighted by Gasteiger charge is 2.32. The third-order valence-electron chi connectivity index (χ3n) is 6.46. The zero-order valence-corrected chi connectivity index (χ0v) is 18.9. The molecule has 0 aliphatic carbocycles. The van der Waals surface area contributed by atoms with E-state index in [0.29, 0.717) is 23.5 Å². The van der Waals surface area contributed by atoms with Crippen molar-refractivity contribution in [2.24, 2.45) is 4.40 Å². The molecular weight excluding hydrogens is 424 g/mol. The van der Waals surface area contributed by atoms with Crippen LogP contribution in [0.5, 0.6) is 0 Å². The lowest BCUT2D eigenvalue weighted by atomic mass is 10.1. The number of nitrogens with one attached hydrogen (secondary N) is 1. The second kappa shape index (κ2) is 8.58. The molecule has 2 aromatic carbocycles. The van der Waals surface area contributed by atoms with Gasteiger partial charge in [0.1, 0.15) is 10.7 Å². The molecule has 3 aliphatic rings. The van der Waals surface area contributed by atoms with Gasteiger partial charge < -0.3 is 15.1 Å². The summed E-state index contributed by atoms with van der Waals surface area (Å²) in [7, 11) is -3.82. The Balaban J connectivity index is 1.44. The van der Waals surface area contributed by atoms with Crippen LogP contribution in [0.4, 0.5) is 17.1 Å². The van der Waals surface area contributed by atoms with Gasteiger partial charge >= 0.3 is 0 Å². The summed E-state index contributed by atoms with van der Waals surface area (Å²) in [5.41, 5.74) is 2.69. The summed E-state index contributed by atoms with van der Waals surface area (Å²) in [6.07, 6.45) is 7.17. The fraction of sp³-hybridized carbons (Fsp3) is 0.417. The van der Waals surface area contributed by atoms with E-state index >= 15 is 0 Å². The predicted octanol–water partition coefficient (Wildman–Crippen LogP) is 4.41. The third-order valence-corrected chi connectivity index (χ3v) is 7.79. The number of carbonyl (C=O) groups is 1. The van der Waals surface area contributed by atoms with Crippen LogP contribution in [0.3, 0.4) is 0 Å². The average Bonchev–Trinajstić information content (AvgIpc) is 3.05. The number of carbonyl (C=O) groups excluding carboxylic acids is 1. The number of anilines is 3. The number of para-hydroxylation sites is 2. The van der Waals surface area contributed by atoms with Gasteiger partial charge in [-0.2, -0.15) is 8.42 Å². The first-order valence-corrected chi connectivity index (χ1v) is 12.9. The Morgan fingerprint density at radius 2 is 1.62 bits per heavy atom. The van der Waals surface area contributed by atoms with Gasteiger partial charge in [0, 0.05) is 31.6 Å². The van der Waals surface area contributed by atoms with E-state index in [4.69, 9.17) is 0 Å². The molecule has 32 heavy (non-hydrogen) atoms. The molecule has 1 amide bonds. The number of fused-ring (bicyclic) bond motifs is 3. The van der Waals surface area contributed by atoms with Gasteiger partial charge in [0.15, 0.2) is 0 Å². The molecular formula is C24H28N4O3S. The van der Waals surface area contributed by atoms with E-state index in [9.17, 15) is 13.2 Å². The van der Waals surface area contributed by atoms with Crippen LogP contribution in [0.1, 0.15) is 55.3 Å².